The molecule has 1 saturated heterocycles. The molecule has 1 aliphatic heterocycles. The molecule has 0 saturated carbocycles. The molecule has 0 radical (unpaired) electrons. The smallest absolute Gasteiger partial charge is 0.409 e. The van der Waals surface area contributed by atoms with Crippen molar-refractivity contribution in [3.8, 4) is 0 Å². The van der Waals surface area contributed by atoms with Gasteiger partial charge in [-0.25, -0.2) is 4.79 Å². The highest BCUT2D eigenvalue weighted by atomic mass is 16.5. The summed E-state index contributed by atoms with van der Waals surface area (Å²) in [5, 5.41) is 11.6. The maximum absolute atomic E-state index is 11.1. The molecule has 4 N–H and O–H groups in total. The van der Waals surface area contributed by atoms with E-state index in [0.29, 0.717) is 18.9 Å². The Balaban J connectivity index is 1.89. The minimum absolute atomic E-state index is 0.636. The number of rotatable bonds is 5. The van der Waals surface area contributed by atoms with Gasteiger partial charge in [0.15, 0.2) is 0 Å². The Bertz CT molecular complexity index is 786. The minimum Gasteiger partial charge on any atom is -0.465 e. The van der Waals surface area contributed by atoms with E-state index in [1.165, 1.54) is 5.56 Å². The summed E-state index contributed by atoms with van der Waals surface area (Å²) in [5.74, 6) is 0. The highest BCUT2D eigenvalue weighted by molar-refractivity contribution is 5.85. The lowest BCUT2D eigenvalue weighted by Crippen LogP contribution is -2.37. The van der Waals surface area contributed by atoms with E-state index in [1.54, 1.807) is 0 Å². The summed E-state index contributed by atoms with van der Waals surface area (Å²) in [7, 11) is 0. The number of carbonyl (C=O) groups is 1. The van der Waals surface area contributed by atoms with Gasteiger partial charge in [-0.3, -0.25) is 5.32 Å². The van der Waals surface area contributed by atoms with Crippen molar-refractivity contribution in [2.24, 2.45) is 0 Å². The Morgan fingerprint density at radius 3 is 2.69 bits per heavy atom. The van der Waals surface area contributed by atoms with Gasteiger partial charge in [0.05, 0.1) is 13.2 Å². The second kappa shape index (κ2) is 8.10. The van der Waals surface area contributed by atoms with Crippen LogP contribution in [0.5, 0.6) is 0 Å². The van der Waals surface area contributed by atoms with Crippen molar-refractivity contribution in [2.45, 2.75) is 19.8 Å². The molecule has 2 aromatic rings. The first kappa shape index (κ1) is 18.1. The Labute approximate surface area is 153 Å². The molecule has 1 fully saturated rings. The van der Waals surface area contributed by atoms with E-state index in [4.69, 9.17) is 15.6 Å². The lowest BCUT2D eigenvalue weighted by atomic mass is 9.99. The molecule has 6 heteroatoms. The van der Waals surface area contributed by atoms with Crippen molar-refractivity contribution >= 4 is 23.2 Å². The van der Waals surface area contributed by atoms with Crippen LogP contribution in [0.3, 0.4) is 0 Å². The third-order valence-corrected chi connectivity index (χ3v) is 4.65. The fourth-order valence-electron chi connectivity index (χ4n) is 3.31. The molecule has 1 amide bonds. The zero-order valence-electron chi connectivity index (χ0n) is 15.0. The Hall–Kier alpha value is -2.73. The zero-order chi connectivity index (χ0) is 18.5. The minimum atomic E-state index is -1.05. The molecule has 1 heterocycles. The van der Waals surface area contributed by atoms with E-state index < -0.39 is 6.09 Å². The van der Waals surface area contributed by atoms with Crippen LogP contribution in [-0.4, -0.2) is 37.5 Å². The molecule has 2 aromatic carbocycles. The molecular formula is C20H25N3O3. The van der Waals surface area contributed by atoms with Crippen LogP contribution in [0.15, 0.2) is 36.4 Å². The second-order valence-corrected chi connectivity index (χ2v) is 6.57. The van der Waals surface area contributed by atoms with Gasteiger partial charge in [-0.1, -0.05) is 12.1 Å². The monoisotopic (exact) mass is 355 g/mol. The normalized spacial score (nSPS) is 14.3. The maximum atomic E-state index is 11.1. The lowest BCUT2D eigenvalue weighted by molar-refractivity contribution is 0.122. The fourth-order valence-corrected chi connectivity index (χ4v) is 3.31. The highest BCUT2D eigenvalue weighted by Crippen LogP contribution is 2.30. The number of hydrogen-bond acceptors (Lipinski definition) is 4. The van der Waals surface area contributed by atoms with Crippen LogP contribution in [0.4, 0.5) is 21.9 Å². The zero-order valence-corrected chi connectivity index (χ0v) is 15.0. The Morgan fingerprint density at radius 2 is 2.00 bits per heavy atom. The summed E-state index contributed by atoms with van der Waals surface area (Å²) < 4.78 is 5.46. The van der Waals surface area contributed by atoms with Crippen LogP contribution in [-0.2, 0) is 17.6 Å². The standard InChI is InChI=1S/C20H25N3O3/c1-14-11-19(23-7-9-26-10-8-23)16(13-18(14)22-20(24)25)6-5-15-3-2-4-17(21)12-15/h2-4,11-13,22H,5-10,21H2,1H3,(H,24,25). The van der Waals surface area contributed by atoms with Gasteiger partial charge >= 0.3 is 6.09 Å². The van der Waals surface area contributed by atoms with Crippen molar-refractivity contribution in [2.75, 3.05) is 42.3 Å². The van der Waals surface area contributed by atoms with Gasteiger partial charge < -0.3 is 20.5 Å². The molecule has 0 aliphatic carbocycles. The number of carboxylic acid groups (broad SMARTS) is 1. The number of nitrogens with one attached hydrogen (secondary N) is 1. The summed E-state index contributed by atoms with van der Waals surface area (Å²) in [6.07, 6.45) is 0.608. The van der Waals surface area contributed by atoms with E-state index in [0.717, 1.165) is 48.4 Å². The summed E-state index contributed by atoms with van der Waals surface area (Å²) in [5.41, 5.74) is 11.6. The number of hydrogen-bond donors (Lipinski definition) is 3. The third-order valence-electron chi connectivity index (χ3n) is 4.65. The molecule has 0 unspecified atom stereocenters. The predicted molar refractivity (Wildman–Crippen MR) is 104 cm³/mol. The van der Waals surface area contributed by atoms with Crippen LogP contribution < -0.4 is 16.0 Å². The maximum Gasteiger partial charge on any atom is 0.409 e. The van der Waals surface area contributed by atoms with Crippen molar-refractivity contribution < 1.29 is 14.6 Å². The number of benzene rings is 2. The Kier molecular flexibility index (Phi) is 5.63. The number of amides is 1. The second-order valence-electron chi connectivity index (χ2n) is 6.57. The van der Waals surface area contributed by atoms with Crippen molar-refractivity contribution in [3.05, 3.63) is 53.1 Å². The molecule has 0 bridgehead atoms. The van der Waals surface area contributed by atoms with Crippen molar-refractivity contribution in [1.29, 1.82) is 0 Å². The van der Waals surface area contributed by atoms with Gasteiger partial charge in [0, 0.05) is 30.2 Å². The van der Waals surface area contributed by atoms with E-state index in [2.05, 4.69) is 22.3 Å². The first-order chi connectivity index (χ1) is 12.5. The number of nitrogen functional groups attached to an aromatic ring is 1. The van der Waals surface area contributed by atoms with Gasteiger partial charge in [0.25, 0.3) is 0 Å². The van der Waals surface area contributed by atoms with E-state index in [9.17, 15) is 4.79 Å². The molecule has 26 heavy (non-hydrogen) atoms. The van der Waals surface area contributed by atoms with Crippen LogP contribution >= 0.6 is 0 Å². The molecular weight excluding hydrogens is 330 g/mol. The van der Waals surface area contributed by atoms with Crippen LogP contribution in [0, 0.1) is 6.92 Å². The highest BCUT2D eigenvalue weighted by Gasteiger charge is 2.17. The Morgan fingerprint density at radius 1 is 1.23 bits per heavy atom. The lowest BCUT2D eigenvalue weighted by Gasteiger charge is -2.31. The van der Waals surface area contributed by atoms with Crippen molar-refractivity contribution in [3.63, 3.8) is 0 Å². The average Bonchev–Trinajstić information content (AvgIpc) is 2.62. The summed E-state index contributed by atoms with van der Waals surface area (Å²) in [6.45, 7) is 5.04. The first-order valence-corrected chi connectivity index (χ1v) is 8.83. The van der Waals surface area contributed by atoms with Crippen LogP contribution in [0.2, 0.25) is 0 Å². The first-order valence-electron chi connectivity index (χ1n) is 8.83. The number of aryl methyl sites for hydroxylation is 3. The number of morpholine rings is 1. The van der Waals surface area contributed by atoms with E-state index in [-0.39, 0.29) is 0 Å². The molecule has 0 spiro atoms. The SMILES string of the molecule is Cc1cc(N2CCOCC2)c(CCc2cccc(N)c2)cc1NC(=O)O. The summed E-state index contributed by atoms with van der Waals surface area (Å²) >= 11 is 0. The molecule has 0 atom stereocenters. The molecule has 138 valence electrons. The molecule has 3 rings (SSSR count). The van der Waals surface area contributed by atoms with Crippen LogP contribution in [0.1, 0.15) is 16.7 Å². The van der Waals surface area contributed by atoms with Gasteiger partial charge in [0.1, 0.15) is 0 Å². The fraction of sp³-hybridized carbons (Fsp3) is 0.350. The third kappa shape index (κ3) is 4.46. The number of nitrogens with zero attached hydrogens (tertiary/aromatic N) is 1. The summed E-state index contributed by atoms with van der Waals surface area (Å²) in [4.78, 5) is 13.4. The van der Waals surface area contributed by atoms with E-state index in [1.807, 2.05) is 31.2 Å². The predicted octanol–water partition coefficient (Wildman–Crippen LogP) is 3.29. The topological polar surface area (TPSA) is 87.8 Å². The quantitative estimate of drug-likeness (QED) is 0.716. The van der Waals surface area contributed by atoms with Crippen molar-refractivity contribution in [1.82, 2.24) is 0 Å². The summed E-state index contributed by atoms with van der Waals surface area (Å²) in [6, 6.07) is 11.9. The average molecular weight is 355 g/mol. The van der Waals surface area contributed by atoms with Gasteiger partial charge in [-0.2, -0.15) is 0 Å². The number of ether oxygens (including phenoxy) is 1. The van der Waals surface area contributed by atoms with Crippen LogP contribution in [0.25, 0.3) is 0 Å². The number of anilines is 3. The molecule has 1 aliphatic rings. The van der Waals surface area contributed by atoms with Gasteiger partial charge in [0.2, 0.25) is 0 Å². The van der Waals surface area contributed by atoms with Gasteiger partial charge in [-0.05, 0) is 60.7 Å². The number of nitrogens with two attached hydrogens (primary N) is 1. The van der Waals surface area contributed by atoms with Gasteiger partial charge in [-0.15, -0.1) is 0 Å². The largest absolute Gasteiger partial charge is 0.465 e. The van der Waals surface area contributed by atoms with E-state index >= 15 is 0 Å². The molecule has 6 nitrogen and oxygen atoms in total. The molecule has 0 aromatic heterocycles.